The molecule has 0 aliphatic heterocycles. The van der Waals surface area contributed by atoms with Gasteiger partial charge in [0.2, 0.25) is 0 Å². The molecule has 0 saturated heterocycles. The van der Waals surface area contributed by atoms with Crippen LogP contribution in [0.5, 0.6) is 0 Å². The molecule has 246 valence electrons. The first-order chi connectivity index (χ1) is 23.9. The molecule has 0 fully saturated rings. The van der Waals surface area contributed by atoms with E-state index in [1.807, 2.05) is 48.5 Å². The van der Waals surface area contributed by atoms with Crippen LogP contribution < -0.4 is 0 Å². The lowest BCUT2D eigenvalue weighted by atomic mass is 9.80. The van der Waals surface area contributed by atoms with Gasteiger partial charge in [-0.15, -0.1) is 0 Å². The van der Waals surface area contributed by atoms with Crippen LogP contribution in [0.25, 0.3) is 76.5 Å². The second kappa shape index (κ2) is 11.5. The first-order valence-electron chi connectivity index (χ1n) is 16.2. The molecule has 8 aromatic carbocycles. The van der Waals surface area contributed by atoms with E-state index < -0.39 is 23.5 Å². The Balaban J connectivity index is 1.55. The summed E-state index contributed by atoms with van der Waals surface area (Å²) in [4.78, 5) is 0. The lowest BCUT2D eigenvalue weighted by Gasteiger charge is -2.23. The minimum atomic E-state index is -4.98. The number of rotatable bonds is 3. The molecule has 8 rings (SSSR count). The number of hydrogen-bond donors (Lipinski definition) is 0. The molecule has 0 N–H and O–H groups in total. The van der Waals surface area contributed by atoms with Gasteiger partial charge < -0.3 is 0 Å². The van der Waals surface area contributed by atoms with Gasteiger partial charge in [-0.2, -0.15) is 26.3 Å². The number of halogens is 6. The van der Waals surface area contributed by atoms with Crippen molar-refractivity contribution in [1.29, 1.82) is 0 Å². The summed E-state index contributed by atoms with van der Waals surface area (Å²) in [6.07, 6.45) is -9.95. The Morgan fingerprint density at radius 2 is 0.580 bits per heavy atom. The van der Waals surface area contributed by atoms with Gasteiger partial charge in [0.15, 0.2) is 0 Å². The Kier molecular flexibility index (Phi) is 7.26. The molecule has 0 bridgehead atoms. The van der Waals surface area contributed by atoms with Crippen molar-refractivity contribution in [3.05, 3.63) is 156 Å². The van der Waals surface area contributed by atoms with E-state index in [-0.39, 0.29) is 11.6 Å². The monoisotopic (exact) mass is 670 g/mol. The van der Waals surface area contributed by atoms with Gasteiger partial charge in [0.25, 0.3) is 0 Å². The average molecular weight is 671 g/mol. The van der Waals surface area contributed by atoms with Crippen molar-refractivity contribution < 1.29 is 26.3 Å². The maximum atomic E-state index is 14.1. The van der Waals surface area contributed by atoms with Gasteiger partial charge in [0, 0.05) is 0 Å². The van der Waals surface area contributed by atoms with Crippen LogP contribution in [0.3, 0.4) is 0 Å². The molecule has 0 aliphatic carbocycles. The fraction of sp³-hybridized carbons (Fsp3) is 0.0909. The fourth-order valence-electron chi connectivity index (χ4n) is 7.64. The van der Waals surface area contributed by atoms with Crippen LogP contribution in [-0.4, -0.2) is 0 Å². The maximum Gasteiger partial charge on any atom is 0.416 e. The van der Waals surface area contributed by atoms with E-state index in [0.717, 1.165) is 77.8 Å². The van der Waals surface area contributed by atoms with Crippen LogP contribution in [0.1, 0.15) is 22.3 Å². The zero-order valence-electron chi connectivity index (χ0n) is 27.0. The van der Waals surface area contributed by atoms with E-state index in [2.05, 4.69) is 56.3 Å². The minimum absolute atomic E-state index is 0.147. The molecule has 0 radical (unpaired) electrons. The molecular weight excluding hydrogens is 642 g/mol. The molecule has 0 atom stereocenters. The first-order valence-corrected chi connectivity index (χ1v) is 16.2. The summed E-state index contributed by atoms with van der Waals surface area (Å²) in [6.45, 7) is 4.16. The lowest BCUT2D eigenvalue weighted by molar-refractivity contribution is -0.143. The van der Waals surface area contributed by atoms with E-state index in [4.69, 9.17) is 0 Å². The van der Waals surface area contributed by atoms with Gasteiger partial charge in [-0.1, -0.05) is 126 Å². The molecule has 0 spiro atoms. The summed E-state index contributed by atoms with van der Waals surface area (Å²) < 4.78 is 84.6. The summed E-state index contributed by atoms with van der Waals surface area (Å²) >= 11 is 0. The third-order valence-corrected chi connectivity index (χ3v) is 9.50. The zero-order chi connectivity index (χ0) is 34.9. The van der Waals surface area contributed by atoms with Crippen LogP contribution in [0.15, 0.2) is 133 Å². The van der Waals surface area contributed by atoms with Crippen LogP contribution in [-0.2, 0) is 12.4 Å². The summed E-state index contributed by atoms with van der Waals surface area (Å²) in [6, 6.07) is 39.3. The molecule has 0 saturated carbocycles. The van der Waals surface area contributed by atoms with Crippen molar-refractivity contribution in [3.8, 4) is 33.4 Å². The molecule has 0 nitrogen and oxygen atoms in total. The molecule has 0 aromatic heterocycles. The number of aryl methyl sites for hydroxylation is 2. The normalized spacial score (nSPS) is 12.4. The van der Waals surface area contributed by atoms with Gasteiger partial charge in [-0.25, -0.2) is 0 Å². The summed E-state index contributed by atoms with van der Waals surface area (Å²) in [5.41, 5.74) is 3.77. The maximum absolute atomic E-state index is 14.1. The molecular formula is C44H28F6. The Labute approximate surface area is 284 Å². The molecule has 6 heteroatoms. The molecule has 50 heavy (non-hydrogen) atoms. The van der Waals surface area contributed by atoms with Crippen LogP contribution in [0.2, 0.25) is 0 Å². The highest BCUT2D eigenvalue weighted by atomic mass is 19.4. The fourth-order valence-corrected chi connectivity index (χ4v) is 7.64. The van der Waals surface area contributed by atoms with E-state index in [0.29, 0.717) is 16.3 Å². The molecule has 8 aromatic rings. The Morgan fingerprint density at radius 3 is 0.860 bits per heavy atom. The first kappa shape index (κ1) is 31.6. The Hall–Kier alpha value is -5.62. The number of hydrogen-bond acceptors (Lipinski definition) is 0. The van der Waals surface area contributed by atoms with E-state index >= 15 is 0 Å². The second-order valence-corrected chi connectivity index (χ2v) is 12.9. The van der Waals surface area contributed by atoms with Crippen molar-refractivity contribution in [2.75, 3.05) is 0 Å². The Bertz CT molecular complexity index is 2480. The Morgan fingerprint density at radius 1 is 0.320 bits per heavy atom. The van der Waals surface area contributed by atoms with Crippen LogP contribution >= 0.6 is 0 Å². The highest BCUT2D eigenvalue weighted by molar-refractivity contribution is 6.29. The predicted molar refractivity (Wildman–Crippen MR) is 192 cm³/mol. The average Bonchev–Trinajstić information content (AvgIpc) is 3.08. The van der Waals surface area contributed by atoms with Gasteiger partial charge in [0.05, 0.1) is 11.1 Å². The highest BCUT2D eigenvalue weighted by Crippen LogP contribution is 2.51. The van der Waals surface area contributed by atoms with Crippen LogP contribution in [0, 0.1) is 13.8 Å². The van der Waals surface area contributed by atoms with E-state index in [1.54, 1.807) is 24.3 Å². The third kappa shape index (κ3) is 5.18. The second-order valence-electron chi connectivity index (χ2n) is 12.9. The predicted octanol–water partition coefficient (Wildman–Crippen LogP) is 14.0. The third-order valence-electron chi connectivity index (χ3n) is 9.50. The smallest absolute Gasteiger partial charge is 0.166 e. The topological polar surface area (TPSA) is 0 Å². The minimum Gasteiger partial charge on any atom is -0.166 e. The summed E-state index contributed by atoms with van der Waals surface area (Å²) in [5, 5.41) is 6.61. The van der Waals surface area contributed by atoms with Crippen molar-refractivity contribution in [2.45, 2.75) is 26.2 Å². The van der Waals surface area contributed by atoms with Gasteiger partial charge >= 0.3 is 12.4 Å². The largest absolute Gasteiger partial charge is 0.416 e. The standard InChI is InChI=1S/C44H28F6/c1-25-19-26(2)21-27(20-25)39-31-11-3-7-15-35(31)41(36-16-8-4-12-32(36)39)42-37-17-9-5-13-33(37)40(34-14-6-10-18-38(34)42)28-22-29(43(45,46)47)24-30(23-28)44(48,49)50/h3-24H,1-2H3. The van der Waals surface area contributed by atoms with Gasteiger partial charge in [-0.05, 0) is 109 Å². The van der Waals surface area contributed by atoms with Crippen molar-refractivity contribution >= 4 is 43.1 Å². The molecule has 0 unspecified atom stereocenters. The van der Waals surface area contributed by atoms with E-state index in [9.17, 15) is 26.3 Å². The van der Waals surface area contributed by atoms with Crippen molar-refractivity contribution in [3.63, 3.8) is 0 Å². The molecule has 0 heterocycles. The van der Waals surface area contributed by atoms with Crippen LogP contribution in [0.4, 0.5) is 26.3 Å². The number of alkyl halides is 6. The lowest BCUT2D eigenvalue weighted by Crippen LogP contribution is -2.11. The SMILES string of the molecule is Cc1cc(C)cc(-c2c3ccccc3c(-c3c4ccccc4c(-c4cc(C(F)(F)F)cc(C(F)(F)F)c4)c4ccccc34)c3ccccc23)c1. The number of fused-ring (bicyclic) bond motifs is 4. The molecule has 0 aliphatic rings. The van der Waals surface area contributed by atoms with Gasteiger partial charge in [-0.3, -0.25) is 0 Å². The van der Waals surface area contributed by atoms with Gasteiger partial charge in [0.1, 0.15) is 0 Å². The van der Waals surface area contributed by atoms with Crippen molar-refractivity contribution in [2.24, 2.45) is 0 Å². The van der Waals surface area contributed by atoms with E-state index in [1.165, 1.54) is 0 Å². The summed E-state index contributed by atoms with van der Waals surface area (Å²) in [7, 11) is 0. The quantitative estimate of drug-likeness (QED) is 0.130. The zero-order valence-corrected chi connectivity index (χ0v) is 27.0. The number of benzene rings is 8. The van der Waals surface area contributed by atoms with Crippen molar-refractivity contribution in [1.82, 2.24) is 0 Å². The highest BCUT2D eigenvalue weighted by Gasteiger charge is 2.37. The molecule has 0 amide bonds. The summed E-state index contributed by atoms with van der Waals surface area (Å²) in [5.74, 6) is 0.